The molecule has 0 amide bonds. The number of benzene rings is 1. The first-order valence-corrected chi connectivity index (χ1v) is 9.26. The third-order valence-electron chi connectivity index (χ3n) is 4.26. The molecule has 1 aromatic heterocycles. The fraction of sp³-hybridized carbons (Fsp3) is 0.421. The Morgan fingerprint density at radius 1 is 1.35 bits per heavy atom. The van der Waals surface area contributed by atoms with Gasteiger partial charge in [-0.3, -0.25) is 19.3 Å². The standard InChI is InChI=1S/C19H26N4O2S/c1-4-22(5-2)11-7-10-20-13-16-17(24)21-19(26)23(18(16)25)15-9-6-8-14(3)12-15/h6,8-9,12-13,25H,4-5,7,10-11H2,1-3H3,(H,21,24,26). The average Bonchev–Trinajstić information content (AvgIpc) is 2.60. The molecule has 0 aliphatic carbocycles. The molecule has 0 radical (unpaired) electrons. The van der Waals surface area contributed by atoms with Crippen LogP contribution >= 0.6 is 12.2 Å². The lowest BCUT2D eigenvalue weighted by molar-refractivity contribution is 0.302. The van der Waals surface area contributed by atoms with Crippen molar-refractivity contribution in [3.05, 3.63) is 50.5 Å². The highest BCUT2D eigenvalue weighted by atomic mass is 32.1. The van der Waals surface area contributed by atoms with Crippen LogP contribution < -0.4 is 5.56 Å². The largest absolute Gasteiger partial charge is 0.494 e. The lowest BCUT2D eigenvalue weighted by atomic mass is 10.2. The molecule has 2 N–H and O–H groups in total. The third kappa shape index (κ3) is 4.89. The Morgan fingerprint density at radius 2 is 2.08 bits per heavy atom. The van der Waals surface area contributed by atoms with E-state index in [1.165, 1.54) is 10.8 Å². The number of rotatable bonds is 8. The number of H-pyrrole nitrogens is 1. The van der Waals surface area contributed by atoms with Gasteiger partial charge in [0.05, 0.1) is 5.69 Å². The molecule has 0 saturated heterocycles. The molecule has 26 heavy (non-hydrogen) atoms. The van der Waals surface area contributed by atoms with Gasteiger partial charge in [0.1, 0.15) is 5.56 Å². The Morgan fingerprint density at radius 3 is 2.73 bits per heavy atom. The monoisotopic (exact) mass is 374 g/mol. The number of aromatic hydroxyl groups is 1. The molecule has 0 bridgehead atoms. The van der Waals surface area contributed by atoms with Crippen molar-refractivity contribution < 1.29 is 5.11 Å². The first-order chi connectivity index (χ1) is 12.5. The summed E-state index contributed by atoms with van der Waals surface area (Å²) < 4.78 is 1.60. The van der Waals surface area contributed by atoms with E-state index < -0.39 is 5.56 Å². The summed E-state index contributed by atoms with van der Waals surface area (Å²) >= 11 is 5.22. The maximum absolute atomic E-state index is 12.2. The molecule has 2 rings (SSSR count). The first kappa shape index (κ1) is 20.1. The summed E-state index contributed by atoms with van der Waals surface area (Å²) in [5, 5.41) is 10.6. The molecule has 0 atom stereocenters. The zero-order chi connectivity index (χ0) is 19.1. The SMILES string of the molecule is CCN(CC)CCCN=Cc1c(O)n(-c2cccc(C)c2)c(=S)[nH]c1=O. The second-order valence-corrected chi connectivity index (χ2v) is 6.47. The zero-order valence-corrected chi connectivity index (χ0v) is 16.3. The predicted octanol–water partition coefficient (Wildman–Crippen LogP) is 3.06. The van der Waals surface area contributed by atoms with Crippen molar-refractivity contribution in [1.82, 2.24) is 14.5 Å². The van der Waals surface area contributed by atoms with Gasteiger partial charge in [-0.1, -0.05) is 26.0 Å². The maximum atomic E-state index is 12.2. The number of aliphatic imine (C=N–C) groups is 1. The highest BCUT2D eigenvalue weighted by molar-refractivity contribution is 7.71. The van der Waals surface area contributed by atoms with Crippen LogP contribution in [0.4, 0.5) is 0 Å². The quantitative estimate of drug-likeness (QED) is 0.423. The van der Waals surface area contributed by atoms with Crippen molar-refractivity contribution >= 4 is 18.4 Å². The van der Waals surface area contributed by atoms with Gasteiger partial charge < -0.3 is 10.0 Å². The van der Waals surface area contributed by atoms with Gasteiger partial charge in [0.2, 0.25) is 5.88 Å². The Kier molecular flexibility index (Phi) is 7.29. The Labute approximate surface area is 158 Å². The van der Waals surface area contributed by atoms with Crippen LogP contribution in [0.15, 0.2) is 34.1 Å². The zero-order valence-electron chi connectivity index (χ0n) is 15.5. The van der Waals surface area contributed by atoms with Crippen LogP contribution in [-0.4, -0.2) is 52.0 Å². The van der Waals surface area contributed by atoms with Gasteiger partial charge >= 0.3 is 0 Å². The number of aryl methyl sites for hydroxylation is 1. The first-order valence-electron chi connectivity index (χ1n) is 8.85. The van der Waals surface area contributed by atoms with Crippen LogP contribution in [0, 0.1) is 11.7 Å². The normalized spacial score (nSPS) is 11.5. The minimum atomic E-state index is -0.441. The Bertz CT molecular complexity index is 882. The molecule has 1 aromatic carbocycles. The van der Waals surface area contributed by atoms with Gasteiger partial charge in [-0.2, -0.15) is 0 Å². The molecule has 140 valence electrons. The van der Waals surface area contributed by atoms with Gasteiger partial charge in [0.15, 0.2) is 4.77 Å². The van der Waals surface area contributed by atoms with E-state index in [0.29, 0.717) is 12.2 Å². The lowest BCUT2D eigenvalue weighted by Crippen LogP contribution is -2.24. The molecule has 0 saturated carbocycles. The van der Waals surface area contributed by atoms with E-state index in [9.17, 15) is 9.90 Å². The number of hydrogen-bond donors (Lipinski definition) is 2. The summed E-state index contributed by atoms with van der Waals surface area (Å²) in [6.07, 6.45) is 2.32. The highest BCUT2D eigenvalue weighted by Crippen LogP contribution is 2.19. The summed E-state index contributed by atoms with van der Waals surface area (Å²) in [5.74, 6) is -0.197. The summed E-state index contributed by atoms with van der Waals surface area (Å²) in [6, 6.07) is 7.54. The number of hydrogen-bond acceptors (Lipinski definition) is 5. The van der Waals surface area contributed by atoms with Gasteiger partial charge in [0.25, 0.3) is 5.56 Å². The number of nitrogens with zero attached hydrogens (tertiary/aromatic N) is 3. The van der Waals surface area contributed by atoms with Crippen molar-refractivity contribution in [2.24, 2.45) is 4.99 Å². The molecule has 6 nitrogen and oxygen atoms in total. The van der Waals surface area contributed by atoms with Crippen molar-refractivity contribution in [2.75, 3.05) is 26.2 Å². The maximum Gasteiger partial charge on any atom is 0.264 e. The number of nitrogens with one attached hydrogen (secondary N) is 1. The van der Waals surface area contributed by atoms with E-state index in [4.69, 9.17) is 12.2 Å². The number of aromatic amines is 1. The second kappa shape index (κ2) is 9.45. The van der Waals surface area contributed by atoms with Crippen LogP contribution in [0.25, 0.3) is 5.69 Å². The van der Waals surface area contributed by atoms with Crippen molar-refractivity contribution in [1.29, 1.82) is 0 Å². The third-order valence-corrected chi connectivity index (χ3v) is 4.54. The topological polar surface area (TPSA) is 73.6 Å². The molecule has 0 fully saturated rings. The molecular formula is C19H26N4O2S. The van der Waals surface area contributed by atoms with E-state index >= 15 is 0 Å². The van der Waals surface area contributed by atoms with Crippen LogP contribution in [0.2, 0.25) is 0 Å². The fourth-order valence-corrected chi connectivity index (χ4v) is 3.03. The molecular weight excluding hydrogens is 348 g/mol. The Hall–Kier alpha value is -2.25. The summed E-state index contributed by atoms with van der Waals surface area (Å²) in [4.78, 5) is 21.4. The minimum absolute atomic E-state index is 0.114. The minimum Gasteiger partial charge on any atom is -0.494 e. The molecule has 7 heteroatoms. The molecule has 0 unspecified atom stereocenters. The van der Waals surface area contributed by atoms with Gasteiger partial charge in [-0.25, -0.2) is 0 Å². The fourth-order valence-electron chi connectivity index (χ4n) is 2.74. The highest BCUT2D eigenvalue weighted by Gasteiger charge is 2.12. The lowest BCUT2D eigenvalue weighted by Gasteiger charge is -2.16. The van der Waals surface area contributed by atoms with E-state index in [1.807, 2.05) is 31.2 Å². The summed E-state index contributed by atoms with van der Waals surface area (Å²) in [7, 11) is 0. The van der Waals surface area contributed by atoms with Crippen LogP contribution in [0.5, 0.6) is 5.88 Å². The summed E-state index contributed by atoms with van der Waals surface area (Å²) in [6.45, 7) is 9.79. The van der Waals surface area contributed by atoms with Gasteiger partial charge in [-0.05, 0) is 62.9 Å². The number of aromatic nitrogens is 2. The van der Waals surface area contributed by atoms with Gasteiger partial charge in [-0.15, -0.1) is 0 Å². The molecule has 0 aliphatic heterocycles. The van der Waals surface area contributed by atoms with E-state index in [1.54, 1.807) is 0 Å². The average molecular weight is 375 g/mol. The molecule has 0 spiro atoms. The molecule has 0 aliphatic rings. The van der Waals surface area contributed by atoms with Crippen molar-refractivity contribution in [3.63, 3.8) is 0 Å². The smallest absolute Gasteiger partial charge is 0.264 e. The van der Waals surface area contributed by atoms with Gasteiger partial charge in [0, 0.05) is 12.8 Å². The van der Waals surface area contributed by atoms with Crippen LogP contribution in [-0.2, 0) is 0 Å². The molecule has 2 aromatic rings. The van der Waals surface area contributed by atoms with Crippen LogP contribution in [0.3, 0.4) is 0 Å². The van der Waals surface area contributed by atoms with Crippen molar-refractivity contribution in [2.45, 2.75) is 27.2 Å². The van der Waals surface area contributed by atoms with E-state index in [-0.39, 0.29) is 16.2 Å². The molecule has 1 heterocycles. The Balaban J connectivity index is 2.24. The predicted molar refractivity (Wildman–Crippen MR) is 108 cm³/mol. The van der Waals surface area contributed by atoms with Crippen LogP contribution in [0.1, 0.15) is 31.4 Å². The van der Waals surface area contributed by atoms with E-state index in [2.05, 4.69) is 28.7 Å². The summed E-state index contributed by atoms with van der Waals surface area (Å²) in [5.41, 5.74) is 1.40. The van der Waals surface area contributed by atoms with E-state index in [0.717, 1.165) is 31.6 Å². The second-order valence-electron chi connectivity index (χ2n) is 6.09. The van der Waals surface area contributed by atoms with Crippen molar-refractivity contribution in [3.8, 4) is 11.6 Å².